The van der Waals surface area contributed by atoms with Gasteiger partial charge in [0.15, 0.2) is 0 Å². The standard InChI is InChI=1S/C14H17N5/c1-10(19-8-4-7-16-19)14-17-13-11(9-15)5-3-6-12(13)18(14)2/h3-8,10H,9,15H2,1-2H3. The first-order valence-corrected chi connectivity index (χ1v) is 6.35. The highest BCUT2D eigenvalue weighted by molar-refractivity contribution is 5.79. The quantitative estimate of drug-likeness (QED) is 0.776. The van der Waals surface area contributed by atoms with Crippen LogP contribution in [0.15, 0.2) is 36.7 Å². The molecule has 0 radical (unpaired) electrons. The van der Waals surface area contributed by atoms with Crippen LogP contribution in [0.4, 0.5) is 0 Å². The van der Waals surface area contributed by atoms with Crippen LogP contribution in [0.25, 0.3) is 11.0 Å². The fraction of sp³-hybridized carbons (Fsp3) is 0.286. The van der Waals surface area contributed by atoms with Crippen molar-refractivity contribution in [1.82, 2.24) is 19.3 Å². The predicted molar refractivity (Wildman–Crippen MR) is 74.6 cm³/mol. The normalized spacial score (nSPS) is 13.0. The minimum absolute atomic E-state index is 0.0954. The van der Waals surface area contributed by atoms with Gasteiger partial charge in [-0.05, 0) is 24.6 Å². The third-order valence-corrected chi connectivity index (χ3v) is 3.54. The fourth-order valence-corrected chi connectivity index (χ4v) is 2.46. The number of benzene rings is 1. The summed E-state index contributed by atoms with van der Waals surface area (Å²) < 4.78 is 4.02. The Labute approximate surface area is 111 Å². The summed E-state index contributed by atoms with van der Waals surface area (Å²) in [7, 11) is 2.03. The smallest absolute Gasteiger partial charge is 0.134 e. The van der Waals surface area contributed by atoms with E-state index in [-0.39, 0.29) is 6.04 Å². The number of para-hydroxylation sites is 1. The van der Waals surface area contributed by atoms with Crippen LogP contribution in [-0.2, 0) is 13.6 Å². The summed E-state index contributed by atoms with van der Waals surface area (Å²) in [5.74, 6) is 0.986. The molecule has 3 rings (SSSR count). The molecule has 0 fully saturated rings. The molecule has 98 valence electrons. The maximum Gasteiger partial charge on any atom is 0.134 e. The Balaban J connectivity index is 2.17. The second-order valence-corrected chi connectivity index (χ2v) is 4.68. The summed E-state index contributed by atoms with van der Waals surface area (Å²) in [4.78, 5) is 4.76. The van der Waals surface area contributed by atoms with Gasteiger partial charge in [0.05, 0.1) is 11.0 Å². The summed E-state index contributed by atoms with van der Waals surface area (Å²) in [5.41, 5.74) is 8.95. The number of hydrogen-bond donors (Lipinski definition) is 1. The second-order valence-electron chi connectivity index (χ2n) is 4.68. The number of aryl methyl sites for hydroxylation is 1. The summed E-state index contributed by atoms with van der Waals surface area (Å²) in [6.45, 7) is 2.60. The second kappa shape index (κ2) is 4.51. The Morgan fingerprint density at radius 2 is 2.16 bits per heavy atom. The van der Waals surface area contributed by atoms with Crippen molar-refractivity contribution in [2.45, 2.75) is 19.5 Å². The fourth-order valence-electron chi connectivity index (χ4n) is 2.46. The van der Waals surface area contributed by atoms with E-state index >= 15 is 0 Å². The average Bonchev–Trinajstić information content (AvgIpc) is 3.06. The van der Waals surface area contributed by atoms with Crippen LogP contribution < -0.4 is 5.73 Å². The van der Waals surface area contributed by atoms with Crippen molar-refractivity contribution >= 4 is 11.0 Å². The Kier molecular flexibility index (Phi) is 2.83. The molecule has 3 aromatic rings. The van der Waals surface area contributed by atoms with Gasteiger partial charge in [0.2, 0.25) is 0 Å². The lowest BCUT2D eigenvalue weighted by molar-refractivity contribution is 0.523. The van der Waals surface area contributed by atoms with Gasteiger partial charge in [-0.2, -0.15) is 5.10 Å². The van der Waals surface area contributed by atoms with E-state index in [0.29, 0.717) is 6.54 Å². The zero-order valence-electron chi connectivity index (χ0n) is 11.1. The molecule has 0 saturated heterocycles. The van der Waals surface area contributed by atoms with Crippen LogP contribution in [-0.4, -0.2) is 19.3 Å². The van der Waals surface area contributed by atoms with Crippen LogP contribution in [0.3, 0.4) is 0 Å². The van der Waals surface area contributed by atoms with Gasteiger partial charge in [0.25, 0.3) is 0 Å². The molecule has 2 aromatic heterocycles. The van der Waals surface area contributed by atoms with Crippen molar-refractivity contribution in [1.29, 1.82) is 0 Å². The first-order chi connectivity index (χ1) is 9.22. The molecular formula is C14H17N5. The van der Waals surface area contributed by atoms with Gasteiger partial charge in [-0.25, -0.2) is 4.98 Å². The van der Waals surface area contributed by atoms with Crippen molar-refractivity contribution in [2.24, 2.45) is 12.8 Å². The van der Waals surface area contributed by atoms with E-state index in [4.69, 9.17) is 10.7 Å². The molecule has 1 aromatic carbocycles. The largest absolute Gasteiger partial charge is 0.329 e. The molecule has 0 aliphatic heterocycles. The molecule has 0 aliphatic rings. The molecule has 2 N–H and O–H groups in total. The van der Waals surface area contributed by atoms with Crippen molar-refractivity contribution in [2.75, 3.05) is 0 Å². The molecule has 5 nitrogen and oxygen atoms in total. The number of nitrogens with zero attached hydrogens (tertiary/aromatic N) is 4. The van der Waals surface area contributed by atoms with E-state index in [0.717, 1.165) is 22.4 Å². The molecule has 0 bridgehead atoms. The lowest BCUT2D eigenvalue weighted by Crippen LogP contribution is -2.12. The third-order valence-electron chi connectivity index (χ3n) is 3.54. The molecule has 5 heteroatoms. The Morgan fingerprint density at radius 1 is 1.32 bits per heavy atom. The maximum atomic E-state index is 5.78. The summed E-state index contributed by atoms with van der Waals surface area (Å²) in [6.07, 6.45) is 3.73. The molecular weight excluding hydrogens is 238 g/mol. The number of rotatable bonds is 3. The van der Waals surface area contributed by atoms with Crippen molar-refractivity contribution in [3.8, 4) is 0 Å². The summed E-state index contributed by atoms with van der Waals surface area (Å²) in [5, 5.41) is 4.29. The zero-order valence-corrected chi connectivity index (χ0v) is 11.1. The van der Waals surface area contributed by atoms with Gasteiger partial charge in [0, 0.05) is 26.0 Å². The third kappa shape index (κ3) is 1.82. The van der Waals surface area contributed by atoms with Gasteiger partial charge in [-0.1, -0.05) is 12.1 Å². The minimum atomic E-state index is 0.0954. The minimum Gasteiger partial charge on any atom is -0.329 e. The van der Waals surface area contributed by atoms with Gasteiger partial charge >= 0.3 is 0 Å². The highest BCUT2D eigenvalue weighted by Crippen LogP contribution is 2.23. The van der Waals surface area contributed by atoms with Gasteiger partial charge in [0.1, 0.15) is 11.9 Å². The van der Waals surface area contributed by atoms with Crippen LogP contribution >= 0.6 is 0 Å². The summed E-state index contributed by atoms with van der Waals surface area (Å²) >= 11 is 0. The van der Waals surface area contributed by atoms with E-state index in [2.05, 4.69) is 22.7 Å². The molecule has 2 heterocycles. The monoisotopic (exact) mass is 255 g/mol. The molecule has 1 unspecified atom stereocenters. The summed E-state index contributed by atoms with van der Waals surface area (Å²) in [6, 6.07) is 8.13. The number of imidazole rings is 1. The average molecular weight is 255 g/mol. The molecule has 0 spiro atoms. The van der Waals surface area contributed by atoms with Gasteiger partial charge in [-0.3, -0.25) is 4.68 Å². The van der Waals surface area contributed by atoms with Gasteiger partial charge < -0.3 is 10.3 Å². The van der Waals surface area contributed by atoms with Crippen LogP contribution in [0.2, 0.25) is 0 Å². The van der Waals surface area contributed by atoms with Gasteiger partial charge in [-0.15, -0.1) is 0 Å². The first-order valence-electron chi connectivity index (χ1n) is 6.35. The predicted octanol–water partition coefficient (Wildman–Crippen LogP) is 1.84. The molecule has 0 amide bonds. The lowest BCUT2D eigenvalue weighted by Gasteiger charge is -2.11. The highest BCUT2D eigenvalue weighted by atomic mass is 15.3. The Bertz CT molecular complexity index is 696. The van der Waals surface area contributed by atoms with Crippen molar-refractivity contribution < 1.29 is 0 Å². The van der Waals surface area contributed by atoms with Crippen LogP contribution in [0.1, 0.15) is 24.4 Å². The number of aromatic nitrogens is 4. The Morgan fingerprint density at radius 3 is 2.84 bits per heavy atom. The SMILES string of the molecule is CC(c1nc2c(CN)cccc2n1C)n1cccn1. The van der Waals surface area contributed by atoms with Crippen molar-refractivity contribution in [3.05, 3.63) is 48.0 Å². The first kappa shape index (κ1) is 11.9. The number of fused-ring (bicyclic) bond motifs is 1. The Hall–Kier alpha value is -2.14. The van der Waals surface area contributed by atoms with E-state index in [1.165, 1.54) is 0 Å². The molecule has 19 heavy (non-hydrogen) atoms. The van der Waals surface area contributed by atoms with E-state index in [1.54, 1.807) is 6.20 Å². The van der Waals surface area contributed by atoms with Crippen molar-refractivity contribution in [3.63, 3.8) is 0 Å². The molecule has 1 atom stereocenters. The van der Waals surface area contributed by atoms with E-state index < -0.39 is 0 Å². The highest BCUT2D eigenvalue weighted by Gasteiger charge is 2.17. The van der Waals surface area contributed by atoms with E-state index in [9.17, 15) is 0 Å². The number of hydrogen-bond acceptors (Lipinski definition) is 3. The molecule has 0 saturated carbocycles. The van der Waals surface area contributed by atoms with E-state index in [1.807, 2.05) is 36.1 Å². The molecule has 0 aliphatic carbocycles. The lowest BCUT2D eigenvalue weighted by atomic mass is 10.2. The zero-order chi connectivity index (χ0) is 13.4. The maximum absolute atomic E-state index is 5.78. The number of nitrogens with two attached hydrogens (primary N) is 1. The topological polar surface area (TPSA) is 61.7 Å². The van der Waals surface area contributed by atoms with Crippen LogP contribution in [0, 0.1) is 0 Å². The van der Waals surface area contributed by atoms with Crippen LogP contribution in [0.5, 0.6) is 0 Å².